The van der Waals surface area contributed by atoms with Crippen LogP contribution in [0.25, 0.3) is 26.7 Å². The predicted octanol–water partition coefficient (Wildman–Crippen LogP) is 7.66. The number of fused-ring (bicyclic) bond motifs is 5. The smallest absolute Gasteiger partial charge is 0.335 e. The van der Waals surface area contributed by atoms with Crippen LogP contribution in [-0.4, -0.2) is 56.7 Å². The van der Waals surface area contributed by atoms with Crippen LogP contribution in [0.15, 0.2) is 84.5 Å². The molecule has 294 valence electrons. The van der Waals surface area contributed by atoms with E-state index in [1.54, 1.807) is 48.2 Å². The SMILES string of the molecule is COc1cc(C=C[C@H]2C3=CC[C@@H]4C(=O)N(c5cccc(C(=O)O)c5)C(=O)[C@@H]4[C@@H]3C[C@H]3C(=O)N(c4cc(-c5sc6ccc(Cl)cc6c5C)nn4C)C(=O)[C@@]23C)ccc1O. The molecule has 4 amide bonds. The number of nitrogens with zero attached hydrogens (tertiary/aromatic N) is 4. The molecule has 2 aliphatic heterocycles. The molecular formula is C44H37ClN4O8S. The summed E-state index contributed by atoms with van der Waals surface area (Å²) >= 11 is 7.86. The Labute approximate surface area is 341 Å². The first-order valence-corrected chi connectivity index (χ1v) is 20.0. The minimum Gasteiger partial charge on any atom is -0.504 e. The standard InChI is InChI=1S/C44H37ClN4O8S/c1-21-28-18-24(45)10-15-35(28)58-38(21)32-20-36(47(3)46-32)49-40(52)31-19-29-26(30(44(31,2)43(49)56)13-8-22-9-14-33(50)34(16-22)57-4)11-12-27-37(29)41(53)48(39(27)51)25-7-5-6-23(17-25)42(54)55/h5-11,13-18,20,27,29-31,37,50H,12,19H2,1-4H3,(H,54,55)/t27-,29+,30-,31-,37-,44-/m0/s1. The molecule has 3 aromatic carbocycles. The summed E-state index contributed by atoms with van der Waals surface area (Å²) in [4.78, 5) is 73.5. The Morgan fingerprint density at radius 2 is 1.79 bits per heavy atom. The monoisotopic (exact) mass is 816 g/mol. The molecule has 1 saturated carbocycles. The fourth-order valence-corrected chi connectivity index (χ4v) is 11.0. The Kier molecular flexibility index (Phi) is 8.75. The molecule has 4 aliphatic rings. The van der Waals surface area contributed by atoms with Gasteiger partial charge >= 0.3 is 5.97 Å². The van der Waals surface area contributed by atoms with Crippen molar-refractivity contribution in [2.75, 3.05) is 16.9 Å². The van der Waals surface area contributed by atoms with Crippen LogP contribution >= 0.6 is 22.9 Å². The van der Waals surface area contributed by atoms with E-state index >= 15 is 4.79 Å². The number of carboxylic acids is 1. The number of phenols is 1. The van der Waals surface area contributed by atoms with Gasteiger partial charge < -0.3 is 14.9 Å². The minimum absolute atomic E-state index is 0.0364. The van der Waals surface area contributed by atoms with Crippen molar-refractivity contribution in [2.45, 2.75) is 26.7 Å². The van der Waals surface area contributed by atoms with Gasteiger partial charge in [-0.1, -0.05) is 47.5 Å². The molecule has 4 heterocycles. The molecule has 2 saturated heterocycles. The van der Waals surface area contributed by atoms with Crippen molar-refractivity contribution in [3.63, 3.8) is 0 Å². The Morgan fingerprint density at radius 1 is 1.00 bits per heavy atom. The van der Waals surface area contributed by atoms with Crippen molar-refractivity contribution in [2.24, 2.45) is 42.1 Å². The number of carboxylic acid groups (broad SMARTS) is 1. The predicted molar refractivity (Wildman–Crippen MR) is 219 cm³/mol. The molecule has 2 N–H and O–H groups in total. The van der Waals surface area contributed by atoms with Crippen LogP contribution in [0.5, 0.6) is 11.5 Å². The number of aromatic nitrogens is 2. The fourth-order valence-electron chi connectivity index (χ4n) is 9.69. The molecule has 2 aliphatic carbocycles. The van der Waals surface area contributed by atoms with E-state index in [-0.39, 0.29) is 35.6 Å². The molecule has 6 atom stereocenters. The number of methoxy groups -OCH3 is 1. The summed E-state index contributed by atoms with van der Waals surface area (Å²) in [6.45, 7) is 3.79. The summed E-state index contributed by atoms with van der Waals surface area (Å²) in [7, 11) is 3.14. The molecule has 14 heteroatoms. The quantitative estimate of drug-likeness (QED) is 0.124. The van der Waals surface area contributed by atoms with Crippen molar-refractivity contribution in [1.29, 1.82) is 0 Å². The molecule has 0 radical (unpaired) electrons. The van der Waals surface area contributed by atoms with Crippen LogP contribution in [0.2, 0.25) is 5.02 Å². The third kappa shape index (κ3) is 5.47. The summed E-state index contributed by atoms with van der Waals surface area (Å²) < 4.78 is 7.91. The number of allylic oxidation sites excluding steroid dienone is 3. The maximum Gasteiger partial charge on any atom is 0.335 e. The number of imide groups is 2. The molecule has 58 heavy (non-hydrogen) atoms. The van der Waals surface area contributed by atoms with E-state index in [0.29, 0.717) is 22.1 Å². The lowest BCUT2D eigenvalue weighted by Gasteiger charge is -2.47. The number of thiophene rings is 1. The van der Waals surface area contributed by atoms with Gasteiger partial charge in [-0.15, -0.1) is 11.3 Å². The lowest BCUT2D eigenvalue weighted by atomic mass is 9.52. The number of phenolic OH excluding ortho intramolecular Hbond substituents is 1. The largest absolute Gasteiger partial charge is 0.504 e. The molecular weight excluding hydrogens is 780 g/mol. The summed E-state index contributed by atoms with van der Waals surface area (Å²) in [5.74, 6) is -6.05. The number of benzene rings is 3. The fraction of sp³-hybridized carbons (Fsp3) is 0.273. The van der Waals surface area contributed by atoms with Gasteiger partial charge in [0, 0.05) is 28.8 Å². The number of hydrogen-bond donors (Lipinski definition) is 2. The van der Waals surface area contributed by atoms with E-state index in [0.717, 1.165) is 31.0 Å². The normalized spacial score (nSPS) is 25.4. The van der Waals surface area contributed by atoms with E-state index in [9.17, 15) is 29.4 Å². The number of aromatic hydroxyl groups is 1. The molecule has 5 aromatic rings. The number of anilines is 2. The summed E-state index contributed by atoms with van der Waals surface area (Å²) in [6, 6.07) is 18.1. The van der Waals surface area contributed by atoms with Gasteiger partial charge in [-0.2, -0.15) is 5.10 Å². The number of ether oxygens (including phenoxy) is 1. The van der Waals surface area contributed by atoms with Crippen LogP contribution in [0.4, 0.5) is 11.5 Å². The second kappa shape index (κ2) is 13.5. The second-order valence-electron chi connectivity index (χ2n) is 15.6. The van der Waals surface area contributed by atoms with E-state index in [1.807, 2.05) is 43.4 Å². The summed E-state index contributed by atoms with van der Waals surface area (Å²) in [5.41, 5.74) is 1.87. The first kappa shape index (κ1) is 37.5. The Balaban J connectivity index is 1.13. The van der Waals surface area contributed by atoms with Gasteiger partial charge in [0.2, 0.25) is 23.6 Å². The highest BCUT2D eigenvalue weighted by atomic mass is 35.5. The van der Waals surface area contributed by atoms with Crippen molar-refractivity contribution in [1.82, 2.24) is 9.78 Å². The van der Waals surface area contributed by atoms with Gasteiger partial charge in [-0.3, -0.25) is 28.8 Å². The molecule has 0 bridgehead atoms. The van der Waals surface area contributed by atoms with Gasteiger partial charge in [0.05, 0.1) is 46.4 Å². The number of carbonyl (C=O) groups excluding carboxylic acids is 4. The molecule has 9 rings (SSSR count). The minimum atomic E-state index is -1.29. The average molecular weight is 817 g/mol. The lowest BCUT2D eigenvalue weighted by molar-refractivity contribution is -0.132. The highest BCUT2D eigenvalue weighted by Crippen LogP contribution is 2.61. The zero-order valence-corrected chi connectivity index (χ0v) is 33.4. The number of rotatable bonds is 7. The second-order valence-corrected chi connectivity index (χ2v) is 17.1. The number of halogens is 1. The highest BCUT2D eigenvalue weighted by Gasteiger charge is 2.67. The Bertz CT molecular complexity index is 2720. The zero-order valence-electron chi connectivity index (χ0n) is 31.8. The van der Waals surface area contributed by atoms with Crippen LogP contribution in [0.1, 0.15) is 41.3 Å². The van der Waals surface area contributed by atoms with Gasteiger partial charge in [0.1, 0.15) is 11.5 Å². The highest BCUT2D eigenvalue weighted by molar-refractivity contribution is 7.22. The summed E-state index contributed by atoms with van der Waals surface area (Å²) in [5, 5.41) is 26.3. The van der Waals surface area contributed by atoms with Crippen LogP contribution in [-0.2, 0) is 26.2 Å². The number of carbonyl (C=O) groups is 5. The topological polar surface area (TPSA) is 159 Å². The van der Waals surface area contributed by atoms with Crippen molar-refractivity contribution >= 4 is 80.2 Å². The van der Waals surface area contributed by atoms with Crippen molar-refractivity contribution in [3.8, 4) is 22.1 Å². The lowest BCUT2D eigenvalue weighted by Crippen LogP contribution is -2.49. The van der Waals surface area contributed by atoms with Crippen molar-refractivity contribution < 1.29 is 38.9 Å². The third-order valence-corrected chi connectivity index (χ3v) is 14.1. The third-order valence-electron chi connectivity index (χ3n) is 12.6. The van der Waals surface area contributed by atoms with Gasteiger partial charge in [0.15, 0.2) is 11.5 Å². The summed E-state index contributed by atoms with van der Waals surface area (Å²) in [6.07, 6.45) is 6.01. The van der Waals surface area contributed by atoms with Gasteiger partial charge in [0.25, 0.3) is 0 Å². The zero-order chi connectivity index (χ0) is 40.9. The van der Waals surface area contributed by atoms with E-state index < -0.39 is 64.6 Å². The van der Waals surface area contributed by atoms with E-state index in [4.69, 9.17) is 21.4 Å². The van der Waals surface area contributed by atoms with Gasteiger partial charge in [-0.25, -0.2) is 9.69 Å². The molecule has 0 spiro atoms. The maximum absolute atomic E-state index is 15.1. The Morgan fingerprint density at radius 3 is 2.55 bits per heavy atom. The number of hydrogen-bond acceptors (Lipinski definition) is 9. The number of aryl methyl sites for hydroxylation is 2. The molecule has 0 unspecified atom stereocenters. The number of amides is 4. The van der Waals surface area contributed by atoms with Gasteiger partial charge in [-0.05, 0) is 97.7 Å². The number of aromatic carboxylic acids is 1. The molecule has 12 nitrogen and oxygen atoms in total. The van der Waals surface area contributed by atoms with Crippen molar-refractivity contribution in [3.05, 3.63) is 106 Å². The van der Waals surface area contributed by atoms with Crippen LogP contribution in [0.3, 0.4) is 0 Å². The molecule has 2 aromatic heterocycles. The first-order valence-electron chi connectivity index (χ1n) is 18.8. The maximum atomic E-state index is 15.1. The average Bonchev–Trinajstić information content (AvgIpc) is 3.88. The van der Waals surface area contributed by atoms with E-state index in [2.05, 4.69) is 0 Å². The van der Waals surface area contributed by atoms with Crippen LogP contribution < -0.4 is 14.5 Å². The first-order chi connectivity index (χ1) is 27.7. The molecule has 3 fully saturated rings. The Hall–Kier alpha value is -6.05. The van der Waals surface area contributed by atoms with Crippen LogP contribution in [0, 0.1) is 41.9 Å². The van der Waals surface area contributed by atoms with E-state index in [1.165, 1.54) is 42.3 Å².